The van der Waals surface area contributed by atoms with E-state index in [0.29, 0.717) is 12.3 Å². The fourth-order valence-electron chi connectivity index (χ4n) is 2.95. The molecule has 1 aliphatic carbocycles. The van der Waals surface area contributed by atoms with E-state index in [1.807, 2.05) is 4.90 Å². The van der Waals surface area contributed by atoms with E-state index in [1.165, 1.54) is 0 Å². The number of rotatable bonds is 4. The van der Waals surface area contributed by atoms with Gasteiger partial charge in [-0.05, 0) is 38.0 Å². The second-order valence-corrected chi connectivity index (χ2v) is 5.30. The Hall–Kier alpha value is -1.32. The van der Waals surface area contributed by atoms with Crippen molar-refractivity contribution in [1.82, 2.24) is 4.90 Å². The van der Waals surface area contributed by atoms with Gasteiger partial charge in [-0.25, -0.2) is 0 Å². The van der Waals surface area contributed by atoms with Crippen LogP contribution >= 0.6 is 0 Å². The standard InChI is InChI=1S/C14H21NO3/c16-13(9-11-5-1-2-6-11)15-8-4-3-7-12(15)10-14(17)18/h1,5,11-12H,2-4,6-10H2,(H,17,18). The molecule has 2 unspecified atom stereocenters. The number of aliphatic carboxylic acids is 1. The zero-order valence-electron chi connectivity index (χ0n) is 10.7. The lowest BCUT2D eigenvalue weighted by Crippen LogP contribution is -2.45. The third-order valence-electron chi connectivity index (χ3n) is 3.91. The second kappa shape index (κ2) is 6.03. The summed E-state index contributed by atoms with van der Waals surface area (Å²) in [5.41, 5.74) is 0. The second-order valence-electron chi connectivity index (χ2n) is 5.30. The zero-order chi connectivity index (χ0) is 13.0. The summed E-state index contributed by atoms with van der Waals surface area (Å²) in [4.78, 5) is 24.9. The molecule has 1 saturated heterocycles. The van der Waals surface area contributed by atoms with Crippen molar-refractivity contribution in [3.05, 3.63) is 12.2 Å². The number of amides is 1. The van der Waals surface area contributed by atoms with Crippen LogP contribution in [0.1, 0.15) is 44.9 Å². The van der Waals surface area contributed by atoms with Crippen molar-refractivity contribution >= 4 is 11.9 Å². The van der Waals surface area contributed by atoms with E-state index in [4.69, 9.17) is 5.11 Å². The number of nitrogens with zero attached hydrogens (tertiary/aromatic N) is 1. The summed E-state index contributed by atoms with van der Waals surface area (Å²) < 4.78 is 0. The normalized spacial score (nSPS) is 27.4. The average Bonchev–Trinajstić information content (AvgIpc) is 2.81. The Morgan fingerprint density at radius 1 is 1.22 bits per heavy atom. The molecule has 1 fully saturated rings. The molecule has 1 heterocycles. The van der Waals surface area contributed by atoms with E-state index in [2.05, 4.69) is 12.2 Å². The van der Waals surface area contributed by atoms with E-state index < -0.39 is 5.97 Å². The molecule has 4 nitrogen and oxygen atoms in total. The largest absolute Gasteiger partial charge is 0.481 e. The summed E-state index contributed by atoms with van der Waals surface area (Å²) in [5.74, 6) is -0.303. The molecule has 0 bridgehead atoms. The van der Waals surface area contributed by atoms with Gasteiger partial charge in [0.05, 0.1) is 6.42 Å². The average molecular weight is 251 g/mol. The molecule has 2 atom stereocenters. The van der Waals surface area contributed by atoms with Crippen LogP contribution in [0.3, 0.4) is 0 Å². The first-order valence-electron chi connectivity index (χ1n) is 6.84. The zero-order valence-corrected chi connectivity index (χ0v) is 10.7. The van der Waals surface area contributed by atoms with Crippen LogP contribution in [0, 0.1) is 5.92 Å². The Morgan fingerprint density at radius 2 is 2.06 bits per heavy atom. The third-order valence-corrected chi connectivity index (χ3v) is 3.91. The van der Waals surface area contributed by atoms with Crippen molar-refractivity contribution in [2.75, 3.05) is 6.54 Å². The Labute approximate surface area is 108 Å². The monoisotopic (exact) mass is 251 g/mol. The Bertz CT molecular complexity index is 351. The first-order chi connectivity index (χ1) is 8.66. The van der Waals surface area contributed by atoms with Crippen LogP contribution in [-0.4, -0.2) is 34.5 Å². The smallest absolute Gasteiger partial charge is 0.305 e. The summed E-state index contributed by atoms with van der Waals surface area (Å²) in [7, 11) is 0. The van der Waals surface area contributed by atoms with Gasteiger partial charge in [-0.1, -0.05) is 12.2 Å². The Balaban J connectivity index is 1.92. The van der Waals surface area contributed by atoms with Gasteiger partial charge in [0, 0.05) is 19.0 Å². The van der Waals surface area contributed by atoms with Crippen LogP contribution < -0.4 is 0 Å². The van der Waals surface area contributed by atoms with E-state index in [9.17, 15) is 9.59 Å². The molecule has 2 aliphatic rings. The van der Waals surface area contributed by atoms with Gasteiger partial charge in [0.25, 0.3) is 0 Å². The summed E-state index contributed by atoms with van der Waals surface area (Å²) in [5, 5.41) is 8.90. The molecule has 1 amide bonds. The highest BCUT2D eigenvalue weighted by Gasteiger charge is 2.29. The first-order valence-corrected chi connectivity index (χ1v) is 6.84. The molecule has 2 rings (SSSR count). The van der Waals surface area contributed by atoms with Gasteiger partial charge in [-0.2, -0.15) is 0 Å². The lowest BCUT2D eigenvalue weighted by atomic mass is 9.97. The number of allylic oxidation sites excluding steroid dienone is 2. The maximum atomic E-state index is 12.2. The SMILES string of the molecule is O=C(O)CC1CCCCN1C(=O)CC1C=CCC1. The molecule has 1 aliphatic heterocycles. The number of carboxylic acid groups (broad SMARTS) is 1. The number of carboxylic acids is 1. The van der Waals surface area contributed by atoms with Crippen LogP contribution in [0.4, 0.5) is 0 Å². The molecular formula is C14H21NO3. The number of piperidine rings is 1. The quantitative estimate of drug-likeness (QED) is 0.779. The van der Waals surface area contributed by atoms with E-state index in [-0.39, 0.29) is 18.4 Å². The summed E-state index contributed by atoms with van der Waals surface area (Å²) >= 11 is 0. The number of carbonyl (C=O) groups is 2. The van der Waals surface area contributed by atoms with Crippen molar-refractivity contribution in [3.8, 4) is 0 Å². The molecule has 0 spiro atoms. The van der Waals surface area contributed by atoms with Gasteiger partial charge in [0.2, 0.25) is 5.91 Å². The van der Waals surface area contributed by atoms with Crippen LogP contribution in [0.25, 0.3) is 0 Å². The lowest BCUT2D eigenvalue weighted by molar-refractivity contribution is -0.142. The number of hydrogen-bond acceptors (Lipinski definition) is 2. The van der Waals surface area contributed by atoms with Crippen LogP contribution in [-0.2, 0) is 9.59 Å². The van der Waals surface area contributed by atoms with E-state index >= 15 is 0 Å². The van der Waals surface area contributed by atoms with Crippen molar-refractivity contribution in [2.45, 2.75) is 51.0 Å². The number of hydrogen-bond donors (Lipinski definition) is 1. The van der Waals surface area contributed by atoms with Crippen LogP contribution in [0.15, 0.2) is 12.2 Å². The predicted octanol–water partition coefficient (Wildman–Crippen LogP) is 2.20. The highest BCUT2D eigenvalue weighted by atomic mass is 16.4. The number of likely N-dealkylation sites (tertiary alicyclic amines) is 1. The molecule has 0 aromatic carbocycles. The minimum Gasteiger partial charge on any atom is -0.481 e. The third kappa shape index (κ3) is 3.34. The van der Waals surface area contributed by atoms with Crippen molar-refractivity contribution in [2.24, 2.45) is 5.92 Å². The highest BCUT2D eigenvalue weighted by molar-refractivity contribution is 5.78. The van der Waals surface area contributed by atoms with Gasteiger partial charge >= 0.3 is 5.97 Å². The molecule has 18 heavy (non-hydrogen) atoms. The molecule has 1 N–H and O–H groups in total. The minimum absolute atomic E-state index is 0.0888. The summed E-state index contributed by atoms with van der Waals surface area (Å²) in [6, 6.07) is -0.0888. The van der Waals surface area contributed by atoms with E-state index in [0.717, 1.165) is 38.6 Å². The van der Waals surface area contributed by atoms with Gasteiger partial charge in [0.1, 0.15) is 0 Å². The lowest BCUT2D eigenvalue weighted by Gasteiger charge is -2.35. The van der Waals surface area contributed by atoms with E-state index in [1.54, 1.807) is 0 Å². The fourth-order valence-corrected chi connectivity index (χ4v) is 2.95. The summed E-state index contributed by atoms with van der Waals surface area (Å²) in [6.45, 7) is 0.729. The molecule has 100 valence electrons. The topological polar surface area (TPSA) is 57.6 Å². The van der Waals surface area contributed by atoms with Gasteiger partial charge in [-0.15, -0.1) is 0 Å². The highest BCUT2D eigenvalue weighted by Crippen LogP contribution is 2.25. The first kappa shape index (κ1) is 13.1. The molecule has 0 saturated carbocycles. The predicted molar refractivity (Wildman–Crippen MR) is 68.1 cm³/mol. The Morgan fingerprint density at radius 3 is 2.72 bits per heavy atom. The molecule has 0 aromatic rings. The van der Waals surface area contributed by atoms with Crippen molar-refractivity contribution in [1.29, 1.82) is 0 Å². The summed E-state index contributed by atoms with van der Waals surface area (Å²) in [6.07, 6.45) is 9.88. The van der Waals surface area contributed by atoms with Gasteiger partial charge in [-0.3, -0.25) is 9.59 Å². The Kier molecular flexibility index (Phi) is 4.39. The van der Waals surface area contributed by atoms with Gasteiger partial charge in [0.15, 0.2) is 0 Å². The van der Waals surface area contributed by atoms with Gasteiger partial charge < -0.3 is 10.0 Å². The van der Waals surface area contributed by atoms with Crippen LogP contribution in [0.2, 0.25) is 0 Å². The van der Waals surface area contributed by atoms with Crippen LogP contribution in [0.5, 0.6) is 0 Å². The molecule has 0 radical (unpaired) electrons. The maximum absolute atomic E-state index is 12.2. The maximum Gasteiger partial charge on any atom is 0.305 e. The fraction of sp³-hybridized carbons (Fsp3) is 0.714. The molecular weight excluding hydrogens is 230 g/mol. The minimum atomic E-state index is -0.805. The molecule has 4 heteroatoms. The van der Waals surface area contributed by atoms with Crippen molar-refractivity contribution in [3.63, 3.8) is 0 Å². The number of carbonyl (C=O) groups excluding carboxylic acids is 1. The van der Waals surface area contributed by atoms with Crippen molar-refractivity contribution < 1.29 is 14.7 Å². The molecule has 0 aromatic heterocycles.